The molecule has 2 aromatic carbocycles. The number of carbonyl (C=O) groups is 1. The zero-order valence-corrected chi connectivity index (χ0v) is 17.1. The van der Waals surface area contributed by atoms with Crippen molar-refractivity contribution in [1.82, 2.24) is 0 Å². The normalized spacial score (nSPS) is 12.4. The number of hydrogen-bond donors (Lipinski definition) is 3. The van der Waals surface area contributed by atoms with Gasteiger partial charge in [0.15, 0.2) is 17.3 Å². The summed E-state index contributed by atoms with van der Waals surface area (Å²) in [5.74, 6) is -0.948. The third-order valence-corrected chi connectivity index (χ3v) is 4.21. The molecule has 164 valence electrons. The monoisotopic (exact) mass is 447 g/mol. The van der Waals surface area contributed by atoms with Crippen molar-refractivity contribution in [3.63, 3.8) is 0 Å². The van der Waals surface area contributed by atoms with Crippen LogP contribution in [0, 0.1) is 0 Å². The third kappa shape index (κ3) is 7.63. The van der Waals surface area contributed by atoms with Crippen LogP contribution in [0.1, 0.15) is 16.7 Å². The number of phenols is 1. The fourth-order valence-corrected chi connectivity index (χ4v) is 2.80. The number of hydrogen-bond acceptors (Lipinski definition) is 9. The SMILES string of the molecule is COc1cc(/C=C/C(=O)/C=C(O)/C=C/c2ccc(OS(=O)(=O)[O-])c(CO)c2)ccc1O. The number of benzene rings is 2. The molecule has 0 saturated heterocycles. The number of methoxy groups -OCH3 is 1. The second kappa shape index (κ2) is 10.4. The van der Waals surface area contributed by atoms with E-state index in [4.69, 9.17) is 4.74 Å². The predicted molar refractivity (Wildman–Crippen MR) is 111 cm³/mol. The number of carbonyl (C=O) groups excluding carboxylic acids is 1. The molecule has 0 aliphatic heterocycles. The minimum Gasteiger partial charge on any atom is -0.716 e. The van der Waals surface area contributed by atoms with Crippen molar-refractivity contribution in [2.75, 3.05) is 7.11 Å². The van der Waals surface area contributed by atoms with E-state index in [0.717, 1.165) is 6.08 Å². The molecule has 0 atom stereocenters. The van der Waals surface area contributed by atoms with Crippen LogP contribution in [0.4, 0.5) is 0 Å². The van der Waals surface area contributed by atoms with E-state index in [2.05, 4.69) is 4.18 Å². The maximum Gasteiger partial charge on any atom is 0.262 e. The number of aliphatic hydroxyl groups is 2. The highest BCUT2D eigenvalue weighted by atomic mass is 32.3. The van der Waals surface area contributed by atoms with Crippen molar-refractivity contribution < 1.29 is 42.0 Å². The Labute approximate surface area is 178 Å². The highest BCUT2D eigenvalue weighted by Gasteiger charge is 2.07. The Balaban J connectivity index is 2.09. The second-order valence-corrected chi connectivity index (χ2v) is 7.07. The molecule has 0 heterocycles. The molecule has 3 N–H and O–H groups in total. The van der Waals surface area contributed by atoms with Crippen molar-refractivity contribution in [3.05, 3.63) is 77.1 Å². The smallest absolute Gasteiger partial charge is 0.262 e. The number of ketones is 1. The topological polar surface area (TPSA) is 153 Å². The van der Waals surface area contributed by atoms with Gasteiger partial charge in [-0.25, -0.2) is 8.42 Å². The van der Waals surface area contributed by atoms with Gasteiger partial charge < -0.3 is 28.8 Å². The fraction of sp³-hybridized carbons (Fsp3) is 0.0952. The van der Waals surface area contributed by atoms with E-state index >= 15 is 0 Å². The molecule has 0 spiro atoms. The van der Waals surface area contributed by atoms with Gasteiger partial charge >= 0.3 is 0 Å². The van der Waals surface area contributed by atoms with Gasteiger partial charge in [-0.05, 0) is 47.5 Å². The lowest BCUT2D eigenvalue weighted by atomic mass is 10.1. The van der Waals surface area contributed by atoms with Gasteiger partial charge in [-0.2, -0.15) is 0 Å². The summed E-state index contributed by atoms with van der Waals surface area (Å²) in [4.78, 5) is 12.0. The quantitative estimate of drug-likeness (QED) is 0.173. The lowest BCUT2D eigenvalue weighted by Crippen LogP contribution is -2.08. The van der Waals surface area contributed by atoms with Crippen molar-refractivity contribution >= 4 is 28.3 Å². The van der Waals surface area contributed by atoms with Crippen LogP contribution in [0.3, 0.4) is 0 Å². The molecular weight excluding hydrogens is 428 g/mol. The van der Waals surface area contributed by atoms with Gasteiger partial charge in [-0.1, -0.05) is 24.3 Å². The lowest BCUT2D eigenvalue weighted by Gasteiger charge is -2.12. The van der Waals surface area contributed by atoms with E-state index in [-0.39, 0.29) is 28.6 Å². The van der Waals surface area contributed by atoms with Crippen molar-refractivity contribution in [2.45, 2.75) is 6.61 Å². The number of rotatable bonds is 9. The van der Waals surface area contributed by atoms with Crippen LogP contribution >= 0.6 is 0 Å². The Morgan fingerprint density at radius 1 is 1.06 bits per heavy atom. The maximum atomic E-state index is 12.0. The first kappa shape index (κ1) is 23.7. The van der Waals surface area contributed by atoms with E-state index in [1.165, 1.54) is 61.7 Å². The lowest BCUT2D eigenvalue weighted by molar-refractivity contribution is -0.110. The Hall–Kier alpha value is -3.60. The van der Waals surface area contributed by atoms with E-state index in [1.807, 2.05) is 0 Å². The first-order valence-corrected chi connectivity index (χ1v) is 10.0. The molecule has 0 unspecified atom stereocenters. The number of aromatic hydroxyl groups is 1. The zero-order chi connectivity index (χ0) is 23.0. The zero-order valence-electron chi connectivity index (χ0n) is 16.3. The number of phenolic OH excluding ortho intramolecular Hbond substituents is 1. The van der Waals surface area contributed by atoms with Crippen LogP contribution in [0.15, 0.2) is 60.4 Å². The van der Waals surface area contributed by atoms with E-state index in [9.17, 15) is 33.1 Å². The highest BCUT2D eigenvalue weighted by Crippen LogP contribution is 2.26. The van der Waals surface area contributed by atoms with Crippen molar-refractivity contribution in [3.8, 4) is 17.2 Å². The third-order valence-electron chi connectivity index (χ3n) is 3.83. The number of aliphatic hydroxyl groups excluding tert-OH is 2. The van der Waals surface area contributed by atoms with Gasteiger partial charge in [-0.3, -0.25) is 4.79 Å². The molecule has 0 fully saturated rings. The summed E-state index contributed by atoms with van der Waals surface area (Å²) in [6.07, 6.45) is 6.29. The molecule has 0 aliphatic rings. The van der Waals surface area contributed by atoms with Crippen LogP contribution in [-0.2, 0) is 21.8 Å². The summed E-state index contributed by atoms with van der Waals surface area (Å²) >= 11 is 0. The van der Waals surface area contributed by atoms with Crippen LogP contribution in [0.2, 0.25) is 0 Å². The second-order valence-electron chi connectivity index (χ2n) is 6.09. The molecule has 0 radical (unpaired) electrons. The molecule has 0 aromatic heterocycles. The van der Waals surface area contributed by atoms with Gasteiger partial charge in [0.05, 0.1) is 13.7 Å². The maximum absolute atomic E-state index is 12.0. The molecule has 10 heteroatoms. The average molecular weight is 447 g/mol. The standard InChI is InChI=1S/C21H20O9S/c1-29-21-11-15(4-8-19(21)25)3-7-18(24)12-17(23)6-2-14-5-9-20(16(10-14)13-22)30-31(26,27)28/h2-12,22-23,25H,13H2,1H3,(H,26,27,28)/p-1/b6-2+,7-3+,17-12-. The van der Waals surface area contributed by atoms with Crippen LogP contribution < -0.4 is 8.92 Å². The molecular formula is C21H19O9S-. The average Bonchev–Trinajstić information content (AvgIpc) is 2.71. The molecule has 0 aliphatic carbocycles. The van der Waals surface area contributed by atoms with Crippen LogP contribution in [0.25, 0.3) is 12.2 Å². The predicted octanol–water partition coefficient (Wildman–Crippen LogP) is 2.47. The summed E-state index contributed by atoms with van der Waals surface area (Å²) in [5, 5.41) is 28.8. The summed E-state index contributed by atoms with van der Waals surface area (Å²) in [7, 11) is -3.59. The first-order chi connectivity index (χ1) is 14.6. The number of ether oxygens (including phenoxy) is 1. The highest BCUT2D eigenvalue weighted by molar-refractivity contribution is 7.81. The van der Waals surface area contributed by atoms with E-state index in [1.54, 1.807) is 6.07 Å². The Kier molecular flexibility index (Phi) is 7.97. The van der Waals surface area contributed by atoms with Gasteiger partial charge in [0.25, 0.3) is 10.4 Å². The first-order valence-electron chi connectivity index (χ1n) is 8.68. The van der Waals surface area contributed by atoms with Gasteiger partial charge in [0.1, 0.15) is 11.5 Å². The van der Waals surface area contributed by atoms with Crippen molar-refractivity contribution in [1.29, 1.82) is 0 Å². The molecule has 2 rings (SSSR count). The Morgan fingerprint density at radius 2 is 1.71 bits per heavy atom. The molecule has 2 aromatic rings. The Bertz CT molecular complexity index is 1150. The minimum absolute atomic E-state index is 0.0349. The van der Waals surface area contributed by atoms with Gasteiger partial charge in [0, 0.05) is 11.6 Å². The minimum atomic E-state index is -4.99. The van der Waals surface area contributed by atoms with Crippen LogP contribution in [0.5, 0.6) is 17.2 Å². The molecule has 0 bridgehead atoms. The van der Waals surface area contributed by atoms with Gasteiger partial charge in [-0.15, -0.1) is 0 Å². The van der Waals surface area contributed by atoms with E-state index < -0.39 is 22.8 Å². The van der Waals surface area contributed by atoms with E-state index in [0.29, 0.717) is 11.1 Å². The molecule has 0 saturated carbocycles. The Morgan fingerprint density at radius 3 is 2.35 bits per heavy atom. The summed E-state index contributed by atoms with van der Waals surface area (Å²) in [6.45, 7) is -0.584. The summed E-state index contributed by atoms with van der Waals surface area (Å²) in [6, 6.07) is 8.46. The van der Waals surface area contributed by atoms with Gasteiger partial charge in [0.2, 0.25) is 0 Å². The number of allylic oxidation sites excluding steroid dienone is 3. The molecule has 31 heavy (non-hydrogen) atoms. The molecule has 0 amide bonds. The summed E-state index contributed by atoms with van der Waals surface area (Å²) in [5.41, 5.74) is 1.09. The molecule has 9 nitrogen and oxygen atoms in total. The van der Waals surface area contributed by atoms with Crippen LogP contribution in [-0.4, -0.2) is 41.2 Å². The largest absolute Gasteiger partial charge is 0.716 e. The fourth-order valence-electron chi connectivity index (χ4n) is 2.42. The van der Waals surface area contributed by atoms with Crippen molar-refractivity contribution in [2.24, 2.45) is 0 Å². The summed E-state index contributed by atoms with van der Waals surface area (Å²) < 4.78 is 41.3.